The molecule has 1 aliphatic heterocycles. The first-order chi connectivity index (χ1) is 14.8. The largest absolute Gasteiger partial charge is 0.309 e. The molecule has 26 heavy (non-hydrogen) atoms. The van der Waals surface area contributed by atoms with Gasteiger partial charge in [0.05, 0.1) is 6.85 Å². The summed E-state index contributed by atoms with van der Waals surface area (Å²) in [6.07, 6.45) is 1.70. The fraction of sp³-hybridized carbons (Fsp3) is 0.435. The van der Waals surface area contributed by atoms with Crippen molar-refractivity contribution >= 4 is 11.6 Å². The van der Waals surface area contributed by atoms with Gasteiger partial charge >= 0.3 is 0 Å². The molecule has 0 bridgehead atoms. The lowest BCUT2D eigenvalue weighted by Gasteiger charge is -2.42. The smallest absolute Gasteiger partial charge is 0.226 e. The molecule has 0 N–H and O–H groups in total. The zero-order chi connectivity index (χ0) is 22.7. The lowest BCUT2D eigenvalue weighted by Crippen LogP contribution is -2.52. The molecule has 0 radical (unpaired) electrons. The van der Waals surface area contributed by atoms with Gasteiger partial charge in [-0.25, -0.2) is 0 Å². The first kappa shape index (κ1) is 13.1. The number of para-hydroxylation sites is 1. The molecular formula is C23H30N2O. The Kier molecular flexibility index (Phi) is 4.53. The quantitative estimate of drug-likeness (QED) is 0.767. The van der Waals surface area contributed by atoms with E-state index in [1.807, 2.05) is 42.2 Å². The highest BCUT2D eigenvalue weighted by Crippen LogP contribution is 2.28. The molecule has 2 aromatic carbocycles. The number of likely N-dealkylation sites (tertiary alicyclic amines) is 1. The summed E-state index contributed by atoms with van der Waals surface area (Å²) in [5.74, 6) is 0.375. The minimum Gasteiger partial charge on any atom is -0.309 e. The van der Waals surface area contributed by atoms with E-state index in [0.29, 0.717) is 24.9 Å². The SMILES string of the molecule is [2H]c1c([2H])c([2H])c(CCN2CCC(N(C(=O)CC)c3ccccc3)C(C)C2)c([2H])c1[2H]. The standard InChI is InChI=1S/C23H30N2O/c1-3-23(26)25(21-12-8-5-9-13-21)22-15-17-24(18-19(22)2)16-14-20-10-6-4-7-11-20/h4-13,19,22H,3,14-18H2,1-2H3/i4D,6D,7D,10D,11D. The molecule has 3 nitrogen and oxygen atoms in total. The van der Waals surface area contributed by atoms with Crippen molar-refractivity contribution in [2.24, 2.45) is 5.92 Å². The Morgan fingerprint density at radius 3 is 2.62 bits per heavy atom. The molecule has 1 saturated heterocycles. The second-order valence-electron chi connectivity index (χ2n) is 6.94. The van der Waals surface area contributed by atoms with Crippen LogP contribution in [0, 0.1) is 5.92 Å². The van der Waals surface area contributed by atoms with Crippen LogP contribution in [0.4, 0.5) is 5.69 Å². The number of hydrogen-bond acceptors (Lipinski definition) is 2. The van der Waals surface area contributed by atoms with Crippen LogP contribution in [-0.2, 0) is 11.2 Å². The first-order valence-corrected chi connectivity index (χ1v) is 9.41. The summed E-state index contributed by atoms with van der Waals surface area (Å²) in [7, 11) is 0. The summed E-state index contributed by atoms with van der Waals surface area (Å²) in [5.41, 5.74) is 1.30. The van der Waals surface area contributed by atoms with Crippen molar-refractivity contribution in [1.29, 1.82) is 0 Å². The van der Waals surface area contributed by atoms with Gasteiger partial charge in [-0.15, -0.1) is 0 Å². The number of benzene rings is 2. The van der Waals surface area contributed by atoms with Crippen LogP contribution < -0.4 is 4.90 Å². The molecule has 2 unspecified atom stereocenters. The van der Waals surface area contributed by atoms with Crippen LogP contribution in [0.15, 0.2) is 60.5 Å². The third kappa shape index (κ3) is 4.53. The van der Waals surface area contributed by atoms with Crippen molar-refractivity contribution in [1.82, 2.24) is 4.90 Å². The summed E-state index contributed by atoms with van der Waals surface area (Å²) in [5, 5.41) is 0. The van der Waals surface area contributed by atoms with Gasteiger partial charge in [0.2, 0.25) is 5.91 Å². The number of rotatable bonds is 6. The van der Waals surface area contributed by atoms with E-state index < -0.39 is 0 Å². The molecule has 1 aliphatic rings. The number of nitrogens with zero attached hydrogens (tertiary/aromatic N) is 2. The number of carbonyl (C=O) groups excluding carboxylic acids is 1. The van der Waals surface area contributed by atoms with E-state index >= 15 is 0 Å². The van der Waals surface area contributed by atoms with Gasteiger partial charge < -0.3 is 9.80 Å². The summed E-state index contributed by atoms with van der Waals surface area (Å²) in [4.78, 5) is 16.9. The minimum atomic E-state index is -0.352. The van der Waals surface area contributed by atoms with Gasteiger partial charge in [0.15, 0.2) is 0 Å². The van der Waals surface area contributed by atoms with E-state index in [2.05, 4.69) is 11.8 Å². The van der Waals surface area contributed by atoms with Crippen molar-refractivity contribution in [3.63, 3.8) is 0 Å². The second-order valence-corrected chi connectivity index (χ2v) is 6.94. The molecule has 2 atom stereocenters. The molecule has 0 aromatic heterocycles. The van der Waals surface area contributed by atoms with E-state index in [1.54, 1.807) is 0 Å². The monoisotopic (exact) mass is 355 g/mol. The molecule has 1 amide bonds. The number of anilines is 1. The van der Waals surface area contributed by atoms with Gasteiger partial charge in [0.25, 0.3) is 0 Å². The van der Waals surface area contributed by atoms with Gasteiger partial charge in [-0.3, -0.25) is 4.79 Å². The molecule has 0 spiro atoms. The summed E-state index contributed by atoms with van der Waals surface area (Å²) >= 11 is 0. The summed E-state index contributed by atoms with van der Waals surface area (Å²) in [6, 6.07) is 8.78. The topological polar surface area (TPSA) is 23.6 Å². The second kappa shape index (κ2) is 9.00. The van der Waals surface area contributed by atoms with E-state index in [1.165, 1.54) is 0 Å². The Balaban J connectivity index is 1.70. The Morgan fingerprint density at radius 2 is 1.96 bits per heavy atom. The molecule has 3 rings (SSSR count). The predicted molar refractivity (Wildman–Crippen MR) is 108 cm³/mol. The Morgan fingerprint density at radius 1 is 1.23 bits per heavy atom. The van der Waals surface area contributed by atoms with Crippen molar-refractivity contribution in [2.75, 3.05) is 24.5 Å². The van der Waals surface area contributed by atoms with Crippen LogP contribution in [-0.4, -0.2) is 36.5 Å². The third-order valence-electron chi connectivity index (χ3n) is 5.11. The summed E-state index contributed by atoms with van der Waals surface area (Å²) in [6.45, 7) is 6.26. The highest BCUT2D eigenvalue weighted by molar-refractivity contribution is 5.93. The maximum Gasteiger partial charge on any atom is 0.226 e. The van der Waals surface area contributed by atoms with E-state index in [4.69, 9.17) is 6.85 Å². The van der Waals surface area contributed by atoms with Gasteiger partial charge in [0.1, 0.15) is 0 Å². The van der Waals surface area contributed by atoms with Crippen molar-refractivity contribution in [3.05, 3.63) is 66.1 Å². The van der Waals surface area contributed by atoms with Crippen LogP contribution >= 0.6 is 0 Å². The van der Waals surface area contributed by atoms with Crippen LogP contribution in [0.1, 0.15) is 39.1 Å². The molecule has 1 heterocycles. The number of hydrogen-bond donors (Lipinski definition) is 0. The van der Waals surface area contributed by atoms with E-state index in [0.717, 1.165) is 25.2 Å². The zero-order valence-electron chi connectivity index (χ0n) is 20.6. The van der Waals surface area contributed by atoms with Crippen molar-refractivity contribution < 1.29 is 11.6 Å². The molecule has 0 saturated carbocycles. The molecule has 138 valence electrons. The van der Waals surface area contributed by atoms with Gasteiger partial charge in [-0.05, 0) is 36.5 Å². The molecule has 2 aromatic rings. The summed E-state index contributed by atoms with van der Waals surface area (Å²) < 4.78 is 39.6. The normalized spacial score (nSPS) is 23.4. The fourth-order valence-corrected chi connectivity index (χ4v) is 3.76. The molecule has 1 fully saturated rings. The number of carbonyl (C=O) groups is 1. The fourth-order valence-electron chi connectivity index (χ4n) is 3.76. The molecule has 3 heteroatoms. The highest BCUT2D eigenvalue weighted by atomic mass is 16.2. The van der Waals surface area contributed by atoms with Crippen LogP contribution in [0.3, 0.4) is 0 Å². The van der Waals surface area contributed by atoms with E-state index in [9.17, 15) is 4.79 Å². The van der Waals surface area contributed by atoms with Crippen LogP contribution in [0.2, 0.25) is 0 Å². The third-order valence-corrected chi connectivity index (χ3v) is 5.11. The van der Waals surface area contributed by atoms with Crippen molar-refractivity contribution in [3.8, 4) is 0 Å². The Bertz CT molecular complexity index is 908. The lowest BCUT2D eigenvalue weighted by atomic mass is 9.91. The lowest BCUT2D eigenvalue weighted by molar-refractivity contribution is -0.119. The first-order valence-electron chi connectivity index (χ1n) is 11.9. The van der Waals surface area contributed by atoms with Crippen LogP contribution in [0.25, 0.3) is 0 Å². The predicted octanol–water partition coefficient (Wildman–Crippen LogP) is 4.38. The minimum absolute atomic E-state index is 0.113. The Labute approximate surface area is 164 Å². The highest BCUT2D eigenvalue weighted by Gasteiger charge is 2.33. The maximum atomic E-state index is 12.7. The van der Waals surface area contributed by atoms with Crippen molar-refractivity contribution in [2.45, 2.75) is 39.2 Å². The Hall–Kier alpha value is -2.13. The number of piperidine rings is 1. The van der Waals surface area contributed by atoms with E-state index in [-0.39, 0.29) is 48.1 Å². The average molecular weight is 356 g/mol. The maximum absolute atomic E-state index is 12.7. The molecule has 0 aliphatic carbocycles. The van der Waals surface area contributed by atoms with Gasteiger partial charge in [0, 0.05) is 37.8 Å². The van der Waals surface area contributed by atoms with Gasteiger partial charge in [-0.1, -0.05) is 62.3 Å². The van der Waals surface area contributed by atoms with Crippen LogP contribution in [0.5, 0.6) is 0 Å². The molecular weight excluding hydrogens is 320 g/mol. The zero-order valence-corrected chi connectivity index (χ0v) is 15.6. The van der Waals surface area contributed by atoms with Gasteiger partial charge in [-0.2, -0.15) is 0 Å². The average Bonchev–Trinajstić information content (AvgIpc) is 2.78. The number of amides is 1.